The summed E-state index contributed by atoms with van der Waals surface area (Å²) in [5.74, 6) is 0.904. The number of likely N-dealkylation sites (N-methyl/N-ethyl adjacent to an activating group) is 1. The molecule has 2 aliphatic rings. The van der Waals surface area contributed by atoms with E-state index in [0.29, 0.717) is 0 Å². The van der Waals surface area contributed by atoms with Gasteiger partial charge in [-0.2, -0.15) is 0 Å². The molecule has 8 rings (SSSR count). The summed E-state index contributed by atoms with van der Waals surface area (Å²) in [6.07, 6.45) is 18.8. The second-order valence-electron chi connectivity index (χ2n) is 12.3. The highest BCUT2D eigenvalue weighted by Crippen LogP contribution is 2.46. The average molecular weight is 585 g/mol. The van der Waals surface area contributed by atoms with E-state index < -0.39 is 0 Å². The molecular weight excluding hydrogens is 548 g/mol. The van der Waals surface area contributed by atoms with Crippen LogP contribution in [0.15, 0.2) is 145 Å². The number of allylic oxidation sites excluding steroid dienone is 4. The molecule has 5 aromatic carbocycles. The minimum Gasteiger partial charge on any atom is -0.357 e. The van der Waals surface area contributed by atoms with Crippen molar-refractivity contribution in [2.45, 2.75) is 32.5 Å². The van der Waals surface area contributed by atoms with Gasteiger partial charge in [0.1, 0.15) is 12.0 Å². The Kier molecular flexibility index (Phi) is 6.64. The SMILES string of the molecule is CC1=CN(C)C(N(c2ccc3ccc4c(N(c5ccccc5)c5ccc(C)cn5)ccc5ccc2c3c54)C2C=CC=CC2)C=C1. The summed E-state index contributed by atoms with van der Waals surface area (Å²) in [6, 6.07) is 33.4. The summed E-state index contributed by atoms with van der Waals surface area (Å²) in [6.45, 7) is 4.24. The first-order valence-corrected chi connectivity index (χ1v) is 15.8. The first kappa shape index (κ1) is 27.2. The number of benzene rings is 5. The smallest absolute Gasteiger partial charge is 0.137 e. The van der Waals surface area contributed by atoms with Crippen molar-refractivity contribution in [2.75, 3.05) is 16.8 Å². The van der Waals surface area contributed by atoms with Gasteiger partial charge >= 0.3 is 0 Å². The maximum absolute atomic E-state index is 4.89. The first-order valence-electron chi connectivity index (χ1n) is 15.8. The van der Waals surface area contributed by atoms with Crippen LogP contribution in [0.2, 0.25) is 0 Å². The number of pyridine rings is 1. The molecule has 0 radical (unpaired) electrons. The van der Waals surface area contributed by atoms with Crippen molar-refractivity contribution in [2.24, 2.45) is 0 Å². The van der Waals surface area contributed by atoms with Crippen molar-refractivity contribution >= 4 is 55.2 Å². The molecule has 45 heavy (non-hydrogen) atoms. The number of rotatable bonds is 6. The fourth-order valence-electron chi connectivity index (χ4n) is 7.15. The van der Waals surface area contributed by atoms with Crippen molar-refractivity contribution in [3.63, 3.8) is 0 Å². The lowest BCUT2D eigenvalue weighted by Crippen LogP contribution is -2.49. The molecular formula is C41H36N4. The van der Waals surface area contributed by atoms with E-state index in [2.05, 4.69) is 169 Å². The molecule has 220 valence electrons. The third-order valence-corrected chi connectivity index (χ3v) is 9.23. The summed E-state index contributed by atoms with van der Waals surface area (Å²) in [5.41, 5.74) is 5.87. The third-order valence-electron chi connectivity index (χ3n) is 9.23. The van der Waals surface area contributed by atoms with Crippen molar-refractivity contribution in [3.8, 4) is 0 Å². The number of aryl methyl sites for hydroxylation is 1. The van der Waals surface area contributed by atoms with Gasteiger partial charge in [-0.25, -0.2) is 4.98 Å². The van der Waals surface area contributed by atoms with Gasteiger partial charge in [0.2, 0.25) is 0 Å². The highest BCUT2D eigenvalue weighted by atomic mass is 15.4. The highest BCUT2D eigenvalue weighted by Gasteiger charge is 2.29. The van der Waals surface area contributed by atoms with Crippen LogP contribution in [0, 0.1) is 6.92 Å². The van der Waals surface area contributed by atoms with Crippen LogP contribution >= 0.6 is 0 Å². The third kappa shape index (κ3) is 4.65. The van der Waals surface area contributed by atoms with E-state index in [4.69, 9.17) is 4.98 Å². The summed E-state index contributed by atoms with van der Waals surface area (Å²) in [7, 11) is 2.19. The van der Waals surface area contributed by atoms with E-state index in [1.54, 1.807) is 0 Å². The van der Waals surface area contributed by atoms with E-state index >= 15 is 0 Å². The normalized spacial score (nSPS) is 17.8. The molecule has 0 N–H and O–H groups in total. The molecule has 0 spiro atoms. The Bertz CT molecular complexity index is 2140. The number of anilines is 4. The monoisotopic (exact) mass is 584 g/mol. The lowest BCUT2D eigenvalue weighted by Gasteiger charge is -2.43. The number of para-hydroxylation sites is 1. The number of hydrogen-bond donors (Lipinski definition) is 0. The molecule has 0 saturated heterocycles. The van der Waals surface area contributed by atoms with Crippen molar-refractivity contribution < 1.29 is 0 Å². The van der Waals surface area contributed by atoms with Crippen LogP contribution < -0.4 is 9.80 Å². The fraction of sp³-hybridized carbons (Fsp3) is 0.146. The molecule has 1 aromatic heterocycles. The van der Waals surface area contributed by atoms with Crippen molar-refractivity contribution in [1.29, 1.82) is 0 Å². The molecule has 2 atom stereocenters. The van der Waals surface area contributed by atoms with E-state index in [0.717, 1.165) is 29.2 Å². The molecule has 1 aliphatic heterocycles. The van der Waals surface area contributed by atoms with Crippen LogP contribution in [0.3, 0.4) is 0 Å². The molecule has 0 bridgehead atoms. The Morgan fingerprint density at radius 3 is 2.11 bits per heavy atom. The zero-order valence-electron chi connectivity index (χ0n) is 25.9. The summed E-state index contributed by atoms with van der Waals surface area (Å²) < 4.78 is 0. The summed E-state index contributed by atoms with van der Waals surface area (Å²) in [5, 5.41) is 7.59. The molecule has 4 heteroatoms. The maximum Gasteiger partial charge on any atom is 0.137 e. The van der Waals surface area contributed by atoms with Crippen LogP contribution in [0.5, 0.6) is 0 Å². The molecule has 0 amide bonds. The second-order valence-corrected chi connectivity index (χ2v) is 12.3. The Morgan fingerprint density at radius 1 is 0.733 bits per heavy atom. The predicted octanol–water partition coefficient (Wildman–Crippen LogP) is 10.2. The van der Waals surface area contributed by atoms with Gasteiger partial charge in [-0.05, 0) is 89.4 Å². The zero-order valence-corrected chi connectivity index (χ0v) is 25.9. The topological polar surface area (TPSA) is 22.6 Å². The van der Waals surface area contributed by atoms with Crippen molar-refractivity contribution in [1.82, 2.24) is 9.88 Å². The van der Waals surface area contributed by atoms with E-state index in [-0.39, 0.29) is 12.2 Å². The minimum absolute atomic E-state index is 0.102. The molecule has 0 saturated carbocycles. The quantitative estimate of drug-likeness (QED) is 0.182. The Balaban J connectivity index is 1.37. The Hall–Kier alpha value is -5.35. The Morgan fingerprint density at radius 2 is 1.44 bits per heavy atom. The van der Waals surface area contributed by atoms with E-state index in [1.165, 1.54) is 43.6 Å². The van der Waals surface area contributed by atoms with Gasteiger partial charge in [0, 0.05) is 41.6 Å². The summed E-state index contributed by atoms with van der Waals surface area (Å²) >= 11 is 0. The van der Waals surface area contributed by atoms with Crippen LogP contribution in [-0.2, 0) is 0 Å². The van der Waals surface area contributed by atoms with E-state index in [9.17, 15) is 0 Å². The lowest BCUT2D eigenvalue weighted by atomic mass is 9.91. The second kappa shape index (κ2) is 11.0. The van der Waals surface area contributed by atoms with Gasteiger partial charge in [0.05, 0.1) is 11.7 Å². The Labute approximate surface area is 264 Å². The lowest BCUT2D eigenvalue weighted by molar-refractivity contribution is 0.350. The predicted molar refractivity (Wildman–Crippen MR) is 191 cm³/mol. The molecule has 1 aliphatic carbocycles. The van der Waals surface area contributed by atoms with Crippen LogP contribution in [0.4, 0.5) is 22.9 Å². The molecule has 0 fully saturated rings. The van der Waals surface area contributed by atoms with Gasteiger partial charge in [-0.1, -0.05) is 91.0 Å². The van der Waals surface area contributed by atoms with E-state index in [1.807, 2.05) is 6.20 Å². The van der Waals surface area contributed by atoms with Gasteiger partial charge < -0.3 is 9.80 Å². The highest BCUT2D eigenvalue weighted by molar-refractivity contribution is 6.27. The number of nitrogens with zero attached hydrogens (tertiary/aromatic N) is 4. The maximum atomic E-state index is 4.89. The first-order chi connectivity index (χ1) is 22.1. The fourth-order valence-corrected chi connectivity index (χ4v) is 7.15. The molecule has 4 nitrogen and oxygen atoms in total. The number of hydrogen-bond acceptors (Lipinski definition) is 4. The van der Waals surface area contributed by atoms with Crippen molar-refractivity contribution in [3.05, 3.63) is 151 Å². The van der Waals surface area contributed by atoms with Gasteiger partial charge in [-0.15, -0.1) is 0 Å². The van der Waals surface area contributed by atoms with Gasteiger partial charge in [-0.3, -0.25) is 4.90 Å². The molecule has 6 aromatic rings. The zero-order chi connectivity index (χ0) is 30.5. The largest absolute Gasteiger partial charge is 0.357 e. The molecule has 2 unspecified atom stereocenters. The standard InChI is InChI=1S/C41H36N4/c1-28-14-24-38(42-26-28)44(32-10-6-4-7-11-32)36-22-18-30-17-21-35-37(23-19-31-16-20-34(36)40(30)41(31)35)45(33-12-8-5-9-13-33)39-25-15-29(2)27-43(39)3/h4-12,14-27,33,39H,13H2,1-3H3. The minimum atomic E-state index is 0.102. The van der Waals surface area contributed by atoms with Crippen LogP contribution in [0.1, 0.15) is 18.9 Å². The van der Waals surface area contributed by atoms with Crippen LogP contribution in [-0.4, -0.2) is 29.1 Å². The summed E-state index contributed by atoms with van der Waals surface area (Å²) in [4.78, 5) is 12.1. The average Bonchev–Trinajstić information content (AvgIpc) is 3.07. The van der Waals surface area contributed by atoms with Gasteiger partial charge in [0.15, 0.2) is 0 Å². The number of aromatic nitrogens is 1. The van der Waals surface area contributed by atoms with Gasteiger partial charge in [0.25, 0.3) is 0 Å². The van der Waals surface area contributed by atoms with Crippen LogP contribution in [0.25, 0.3) is 32.3 Å². The molecule has 2 heterocycles.